The monoisotopic (exact) mass is 1060 g/mol. The molecule has 6 heteroatoms. The van der Waals surface area contributed by atoms with Crippen molar-refractivity contribution >= 4 is 82.5 Å². The number of fused-ring (bicyclic) bond motifs is 11. The molecule has 0 spiro atoms. The Bertz CT molecular complexity index is 5240. The highest BCUT2D eigenvalue weighted by molar-refractivity contribution is 6.13. The van der Waals surface area contributed by atoms with Crippen molar-refractivity contribution in [2.75, 3.05) is 4.90 Å². The van der Waals surface area contributed by atoms with E-state index in [4.69, 9.17) is 9.97 Å². The van der Waals surface area contributed by atoms with Gasteiger partial charge in [0.2, 0.25) is 5.95 Å². The van der Waals surface area contributed by atoms with Gasteiger partial charge in [0.15, 0.2) is 0 Å². The lowest BCUT2D eigenvalue weighted by Gasteiger charge is -2.33. The molecular weight excluding hydrogens is 1010 g/mol. The third-order valence-electron chi connectivity index (χ3n) is 17.0. The van der Waals surface area contributed by atoms with E-state index in [0.717, 1.165) is 90.0 Å². The zero-order chi connectivity index (χ0) is 54.5. The number of nitrogens with zero attached hydrogens (tertiary/aromatic N) is 6. The second-order valence-electron chi connectivity index (χ2n) is 21.8. The second-order valence-corrected chi connectivity index (χ2v) is 21.8. The van der Waals surface area contributed by atoms with Crippen LogP contribution >= 0.6 is 0 Å². The van der Waals surface area contributed by atoms with Gasteiger partial charge in [0.25, 0.3) is 0 Å². The molecule has 0 radical (unpaired) electrons. The van der Waals surface area contributed by atoms with Crippen LogP contribution in [-0.2, 0) is 6.42 Å². The molecule has 83 heavy (non-hydrogen) atoms. The molecule has 0 amide bonds. The first-order valence-corrected chi connectivity index (χ1v) is 28.4. The van der Waals surface area contributed by atoms with Crippen LogP contribution in [-0.4, -0.2) is 23.7 Å². The highest BCUT2D eigenvalue weighted by Gasteiger charge is 2.25. The highest BCUT2D eigenvalue weighted by Crippen LogP contribution is 2.46. The van der Waals surface area contributed by atoms with Gasteiger partial charge >= 0.3 is 0 Å². The third-order valence-corrected chi connectivity index (χ3v) is 17.0. The minimum atomic E-state index is 0.615. The van der Waals surface area contributed by atoms with Crippen molar-refractivity contribution in [1.29, 1.82) is 0 Å². The molecule has 0 bridgehead atoms. The largest absolute Gasteiger partial charge is 0.310 e. The predicted molar refractivity (Wildman–Crippen MR) is 344 cm³/mol. The van der Waals surface area contributed by atoms with Gasteiger partial charge in [-0.2, -0.15) is 0 Å². The van der Waals surface area contributed by atoms with E-state index in [-0.39, 0.29) is 0 Å². The summed E-state index contributed by atoms with van der Waals surface area (Å²) in [5.41, 5.74) is 23.6. The molecule has 17 rings (SSSR count). The van der Waals surface area contributed by atoms with Crippen molar-refractivity contribution in [1.82, 2.24) is 23.7 Å². The van der Waals surface area contributed by atoms with Crippen LogP contribution in [0.2, 0.25) is 0 Å². The molecule has 0 fully saturated rings. The molecule has 388 valence electrons. The Morgan fingerprint density at radius 2 is 0.699 bits per heavy atom. The van der Waals surface area contributed by atoms with Crippen LogP contribution < -0.4 is 4.90 Å². The van der Waals surface area contributed by atoms with E-state index in [1.165, 1.54) is 66.2 Å². The van der Waals surface area contributed by atoms with Crippen LogP contribution in [0.3, 0.4) is 0 Å². The average Bonchev–Trinajstić information content (AvgIpc) is 2.71. The summed E-state index contributed by atoms with van der Waals surface area (Å²) in [6.45, 7) is 0. The summed E-state index contributed by atoms with van der Waals surface area (Å²) >= 11 is 0. The van der Waals surface area contributed by atoms with Gasteiger partial charge in [-0.25, -0.2) is 9.97 Å². The van der Waals surface area contributed by atoms with Gasteiger partial charge in [0.05, 0.1) is 44.5 Å². The molecule has 16 aromatic rings. The number of aromatic nitrogens is 5. The number of benzene rings is 12. The Morgan fingerprint density at radius 1 is 0.241 bits per heavy atom. The molecule has 5 heterocycles. The maximum Gasteiger partial charge on any atom is 0.235 e. The second kappa shape index (κ2) is 18.8. The number of para-hydroxylation sites is 6. The quantitative estimate of drug-likeness (QED) is 0.152. The Kier molecular flexibility index (Phi) is 10.6. The van der Waals surface area contributed by atoms with Crippen LogP contribution in [0.1, 0.15) is 11.1 Å². The third kappa shape index (κ3) is 7.57. The van der Waals surface area contributed by atoms with E-state index in [9.17, 15) is 0 Å². The maximum atomic E-state index is 5.56. The van der Waals surface area contributed by atoms with E-state index >= 15 is 0 Å². The summed E-state index contributed by atoms with van der Waals surface area (Å²) in [7, 11) is 0. The van der Waals surface area contributed by atoms with E-state index in [0.29, 0.717) is 5.95 Å². The number of anilines is 3. The van der Waals surface area contributed by atoms with Crippen LogP contribution in [0.5, 0.6) is 0 Å². The first-order chi connectivity index (χ1) is 41.1. The molecule has 0 N–H and O–H groups in total. The molecule has 0 saturated heterocycles. The summed E-state index contributed by atoms with van der Waals surface area (Å²) < 4.78 is 7.05. The Hall–Kier alpha value is -11.1. The molecule has 0 saturated carbocycles. The van der Waals surface area contributed by atoms with Gasteiger partial charge in [-0.15, -0.1) is 0 Å². The van der Waals surface area contributed by atoms with Crippen LogP contribution in [0.15, 0.2) is 291 Å². The lowest BCUT2D eigenvalue weighted by atomic mass is 9.92. The van der Waals surface area contributed by atoms with Gasteiger partial charge in [-0.1, -0.05) is 182 Å². The summed E-state index contributed by atoms with van der Waals surface area (Å²) in [5, 5.41) is 7.17. The lowest BCUT2D eigenvalue weighted by molar-refractivity contribution is 0.995. The molecule has 4 aromatic heterocycles. The number of hydrogen-bond donors (Lipinski definition) is 0. The molecule has 0 aliphatic carbocycles. The minimum absolute atomic E-state index is 0.615. The van der Waals surface area contributed by atoms with Gasteiger partial charge in [-0.3, -0.25) is 4.57 Å². The normalized spacial score (nSPS) is 12.3. The molecule has 1 aliphatic heterocycles. The van der Waals surface area contributed by atoms with Crippen molar-refractivity contribution in [2.24, 2.45) is 0 Å². The number of rotatable bonds is 8. The Labute approximate surface area is 479 Å². The van der Waals surface area contributed by atoms with Gasteiger partial charge < -0.3 is 14.0 Å². The standard InChI is InChI=1S/C77H50N6/c1-4-19-50(20-5-1)67-49-68(79-77(78-67)83-73-34-17-13-30-63(73)66-46-52(38-42-75(66)83)51-36-40-70-57(43-51)44-56-21-10-14-31-69(56)80(70)58-23-6-2-7-24-58)55-22-18-27-60(45-55)82-71-32-15-11-28-61(71)64-39-35-54(48-76(64)82)53-37-41-74-65(47-53)62-29-12-16-33-72(62)81(74)59-25-8-3-9-26-59/h1-43,45-49H,44H2. The van der Waals surface area contributed by atoms with Crippen LogP contribution in [0.4, 0.5) is 17.1 Å². The fourth-order valence-electron chi connectivity index (χ4n) is 13.2. The van der Waals surface area contributed by atoms with Gasteiger partial charge in [0.1, 0.15) is 0 Å². The van der Waals surface area contributed by atoms with Crippen molar-refractivity contribution in [2.45, 2.75) is 6.42 Å². The first kappa shape index (κ1) is 46.8. The van der Waals surface area contributed by atoms with E-state index in [2.05, 4.69) is 310 Å². The van der Waals surface area contributed by atoms with Crippen molar-refractivity contribution < 1.29 is 0 Å². The molecule has 6 nitrogen and oxygen atoms in total. The van der Waals surface area contributed by atoms with Crippen molar-refractivity contribution in [3.8, 4) is 62.1 Å². The SMILES string of the molecule is c1ccc(-c2cc(-c3cccc(-n4c5ccccc5c5ccc(-c6ccc7c(c6)c6ccccc6n7-c6ccccc6)cc54)c3)nc(-n3c4ccccc4c4cc(-c5ccc6c(c5)Cc5ccccc5N6c5ccccc5)ccc43)n2)cc1. The number of hydrogen-bond acceptors (Lipinski definition) is 3. The summed E-state index contributed by atoms with van der Waals surface area (Å²) in [6, 6.07) is 106. The zero-order valence-corrected chi connectivity index (χ0v) is 45.1. The zero-order valence-electron chi connectivity index (χ0n) is 45.1. The maximum absolute atomic E-state index is 5.56. The predicted octanol–water partition coefficient (Wildman–Crippen LogP) is 19.8. The fraction of sp³-hybridized carbons (Fsp3) is 0.0130. The van der Waals surface area contributed by atoms with E-state index in [1.54, 1.807) is 0 Å². The van der Waals surface area contributed by atoms with Crippen molar-refractivity contribution in [3.63, 3.8) is 0 Å². The smallest absolute Gasteiger partial charge is 0.235 e. The van der Waals surface area contributed by atoms with Gasteiger partial charge in [-0.05, 0) is 143 Å². The fourth-order valence-corrected chi connectivity index (χ4v) is 13.2. The lowest BCUT2D eigenvalue weighted by Crippen LogP contribution is -2.18. The average molecular weight is 1060 g/mol. The first-order valence-electron chi connectivity index (χ1n) is 28.4. The van der Waals surface area contributed by atoms with E-state index < -0.39 is 0 Å². The summed E-state index contributed by atoms with van der Waals surface area (Å²) in [6.07, 6.45) is 0.866. The van der Waals surface area contributed by atoms with Crippen LogP contribution in [0, 0.1) is 0 Å². The van der Waals surface area contributed by atoms with E-state index in [1.807, 2.05) is 0 Å². The topological polar surface area (TPSA) is 43.8 Å². The Balaban J connectivity index is 0.788. The molecule has 0 atom stereocenters. The van der Waals surface area contributed by atoms with Crippen molar-refractivity contribution in [3.05, 3.63) is 302 Å². The summed E-state index contributed by atoms with van der Waals surface area (Å²) in [5.74, 6) is 0.615. The molecule has 1 aliphatic rings. The molecular formula is C77H50N6. The highest BCUT2D eigenvalue weighted by atomic mass is 15.2. The minimum Gasteiger partial charge on any atom is -0.310 e. The Morgan fingerprint density at radius 3 is 1.40 bits per heavy atom. The molecule has 0 unspecified atom stereocenters. The molecule has 12 aromatic carbocycles. The van der Waals surface area contributed by atoms with Gasteiger partial charge in [0, 0.05) is 78.3 Å². The van der Waals surface area contributed by atoms with Crippen LogP contribution in [0.25, 0.3) is 128 Å². The summed E-state index contributed by atoms with van der Waals surface area (Å²) in [4.78, 5) is 13.4.